The zero-order valence-corrected chi connectivity index (χ0v) is 13.3. The molecule has 0 fully saturated rings. The maximum absolute atomic E-state index is 5.47. The molecule has 1 heterocycles. The molecule has 1 aromatic rings. The molecule has 0 bridgehead atoms. The summed E-state index contributed by atoms with van der Waals surface area (Å²) in [5.74, 6) is 0.974. The van der Waals surface area contributed by atoms with Crippen molar-refractivity contribution >= 4 is 0 Å². The lowest BCUT2D eigenvalue weighted by Crippen LogP contribution is -2.32. The zero-order valence-electron chi connectivity index (χ0n) is 13.3. The molecule has 1 aromatic heterocycles. The third-order valence-corrected chi connectivity index (χ3v) is 3.43. The number of aryl methyl sites for hydroxylation is 1. The SMILES string of the molecule is CCCNCC(C)(C)Cc1ncc(C)c(OC)c1C. The Labute approximate surface area is 117 Å². The molecule has 1 N–H and O–H groups in total. The first-order valence-electron chi connectivity index (χ1n) is 7.11. The highest BCUT2D eigenvalue weighted by Gasteiger charge is 2.21. The summed E-state index contributed by atoms with van der Waals surface area (Å²) in [6.07, 6.45) is 4.05. The van der Waals surface area contributed by atoms with Gasteiger partial charge in [0.2, 0.25) is 0 Å². The van der Waals surface area contributed by atoms with Crippen molar-refractivity contribution in [3.63, 3.8) is 0 Å². The van der Waals surface area contributed by atoms with Crippen LogP contribution >= 0.6 is 0 Å². The van der Waals surface area contributed by atoms with E-state index in [-0.39, 0.29) is 5.41 Å². The van der Waals surface area contributed by atoms with Crippen LogP contribution in [0.5, 0.6) is 5.75 Å². The van der Waals surface area contributed by atoms with Gasteiger partial charge in [-0.05, 0) is 38.6 Å². The molecule has 0 radical (unpaired) electrons. The fraction of sp³-hybridized carbons (Fsp3) is 0.688. The van der Waals surface area contributed by atoms with E-state index < -0.39 is 0 Å². The smallest absolute Gasteiger partial charge is 0.128 e. The van der Waals surface area contributed by atoms with Crippen LogP contribution in [-0.4, -0.2) is 25.2 Å². The van der Waals surface area contributed by atoms with Crippen molar-refractivity contribution in [3.8, 4) is 5.75 Å². The first-order chi connectivity index (χ1) is 8.91. The van der Waals surface area contributed by atoms with Crippen molar-refractivity contribution in [2.45, 2.75) is 47.5 Å². The van der Waals surface area contributed by atoms with E-state index in [0.717, 1.165) is 36.5 Å². The van der Waals surface area contributed by atoms with Gasteiger partial charge in [0.05, 0.1) is 7.11 Å². The quantitative estimate of drug-likeness (QED) is 0.767. The van der Waals surface area contributed by atoms with E-state index in [1.807, 2.05) is 13.1 Å². The van der Waals surface area contributed by atoms with Crippen LogP contribution in [0.4, 0.5) is 0 Å². The van der Waals surface area contributed by atoms with Crippen molar-refractivity contribution in [1.29, 1.82) is 0 Å². The van der Waals surface area contributed by atoms with Gasteiger partial charge in [-0.2, -0.15) is 0 Å². The van der Waals surface area contributed by atoms with Crippen molar-refractivity contribution in [1.82, 2.24) is 10.3 Å². The standard InChI is InChI=1S/C16H28N2O/c1-7-8-17-11-16(4,5)9-14-13(3)15(19-6)12(2)10-18-14/h10,17H,7-9,11H2,1-6H3. The maximum atomic E-state index is 5.47. The molecule has 0 amide bonds. The molecule has 3 heteroatoms. The molecule has 0 unspecified atom stereocenters. The molecule has 0 aromatic carbocycles. The first kappa shape index (κ1) is 16.0. The molecular formula is C16H28N2O. The summed E-state index contributed by atoms with van der Waals surface area (Å²) in [6, 6.07) is 0. The summed E-state index contributed by atoms with van der Waals surface area (Å²) in [5, 5.41) is 3.50. The van der Waals surface area contributed by atoms with Gasteiger partial charge >= 0.3 is 0 Å². The molecular weight excluding hydrogens is 236 g/mol. The van der Waals surface area contributed by atoms with Crippen LogP contribution in [0.3, 0.4) is 0 Å². The Morgan fingerprint density at radius 2 is 2.00 bits per heavy atom. The summed E-state index contributed by atoms with van der Waals surface area (Å²) in [6.45, 7) is 13.0. The second-order valence-electron chi connectivity index (χ2n) is 6.06. The minimum absolute atomic E-state index is 0.202. The first-order valence-corrected chi connectivity index (χ1v) is 7.11. The van der Waals surface area contributed by atoms with E-state index in [9.17, 15) is 0 Å². The van der Waals surface area contributed by atoms with Crippen LogP contribution in [0, 0.1) is 19.3 Å². The van der Waals surface area contributed by atoms with Crippen molar-refractivity contribution in [2.24, 2.45) is 5.41 Å². The monoisotopic (exact) mass is 264 g/mol. The number of pyridine rings is 1. The number of ether oxygens (including phenoxy) is 1. The van der Waals surface area contributed by atoms with Crippen LogP contribution < -0.4 is 10.1 Å². The predicted molar refractivity (Wildman–Crippen MR) is 80.9 cm³/mol. The summed E-state index contributed by atoms with van der Waals surface area (Å²) in [7, 11) is 1.73. The molecule has 19 heavy (non-hydrogen) atoms. The number of methoxy groups -OCH3 is 1. The van der Waals surface area contributed by atoms with Gasteiger partial charge < -0.3 is 10.1 Å². The molecule has 1 rings (SSSR count). The van der Waals surface area contributed by atoms with Crippen molar-refractivity contribution < 1.29 is 4.74 Å². The Morgan fingerprint density at radius 1 is 1.32 bits per heavy atom. The van der Waals surface area contributed by atoms with Gasteiger partial charge in [-0.3, -0.25) is 4.98 Å². The van der Waals surface area contributed by atoms with Gasteiger partial charge in [-0.1, -0.05) is 20.8 Å². The second-order valence-corrected chi connectivity index (χ2v) is 6.06. The Bertz CT molecular complexity index is 413. The van der Waals surface area contributed by atoms with E-state index in [4.69, 9.17) is 4.74 Å². The van der Waals surface area contributed by atoms with E-state index >= 15 is 0 Å². The minimum Gasteiger partial charge on any atom is -0.496 e. The highest BCUT2D eigenvalue weighted by Crippen LogP contribution is 2.28. The highest BCUT2D eigenvalue weighted by atomic mass is 16.5. The molecule has 108 valence electrons. The fourth-order valence-corrected chi connectivity index (χ4v) is 2.37. The maximum Gasteiger partial charge on any atom is 0.128 e. The van der Waals surface area contributed by atoms with E-state index in [1.54, 1.807) is 7.11 Å². The highest BCUT2D eigenvalue weighted by molar-refractivity contribution is 5.41. The number of rotatable bonds is 7. The van der Waals surface area contributed by atoms with Crippen molar-refractivity contribution in [2.75, 3.05) is 20.2 Å². The van der Waals surface area contributed by atoms with Gasteiger partial charge in [0, 0.05) is 29.6 Å². The molecule has 0 saturated heterocycles. The van der Waals surface area contributed by atoms with E-state index in [1.165, 1.54) is 12.0 Å². The predicted octanol–water partition coefficient (Wildman–Crippen LogP) is 3.28. The van der Waals surface area contributed by atoms with Crippen LogP contribution in [0.2, 0.25) is 0 Å². The summed E-state index contributed by atoms with van der Waals surface area (Å²) >= 11 is 0. The molecule has 0 aliphatic carbocycles. The summed E-state index contributed by atoms with van der Waals surface area (Å²) in [4.78, 5) is 4.59. The lowest BCUT2D eigenvalue weighted by Gasteiger charge is -2.26. The van der Waals surface area contributed by atoms with E-state index in [0.29, 0.717) is 0 Å². The Kier molecular flexibility index (Phi) is 5.80. The van der Waals surface area contributed by atoms with Gasteiger partial charge in [0.1, 0.15) is 5.75 Å². The van der Waals surface area contributed by atoms with Crippen LogP contribution in [-0.2, 0) is 6.42 Å². The Morgan fingerprint density at radius 3 is 2.58 bits per heavy atom. The summed E-state index contributed by atoms with van der Waals surface area (Å²) in [5.41, 5.74) is 3.62. The second kappa shape index (κ2) is 6.90. The number of aromatic nitrogens is 1. The average Bonchev–Trinajstić information content (AvgIpc) is 2.34. The number of nitrogens with one attached hydrogen (secondary N) is 1. The number of hydrogen-bond acceptors (Lipinski definition) is 3. The Balaban J connectivity index is 2.81. The van der Waals surface area contributed by atoms with Crippen LogP contribution in [0.1, 0.15) is 44.0 Å². The normalized spacial score (nSPS) is 11.7. The van der Waals surface area contributed by atoms with Crippen molar-refractivity contribution in [3.05, 3.63) is 23.0 Å². The molecule has 0 atom stereocenters. The minimum atomic E-state index is 0.202. The molecule has 0 saturated carbocycles. The molecule has 0 aliphatic heterocycles. The summed E-state index contributed by atoms with van der Waals surface area (Å²) < 4.78 is 5.47. The topological polar surface area (TPSA) is 34.2 Å². The molecule has 0 aliphatic rings. The number of nitrogens with zero attached hydrogens (tertiary/aromatic N) is 1. The Hall–Kier alpha value is -1.09. The lowest BCUT2D eigenvalue weighted by atomic mass is 9.86. The van der Waals surface area contributed by atoms with Crippen LogP contribution in [0.25, 0.3) is 0 Å². The van der Waals surface area contributed by atoms with Gasteiger partial charge in [0.25, 0.3) is 0 Å². The third-order valence-electron chi connectivity index (χ3n) is 3.43. The largest absolute Gasteiger partial charge is 0.496 e. The molecule has 0 spiro atoms. The van der Waals surface area contributed by atoms with Gasteiger partial charge in [-0.15, -0.1) is 0 Å². The third kappa shape index (κ3) is 4.50. The molecule has 3 nitrogen and oxygen atoms in total. The zero-order chi connectivity index (χ0) is 14.5. The van der Waals surface area contributed by atoms with E-state index in [2.05, 4.69) is 38.0 Å². The number of hydrogen-bond donors (Lipinski definition) is 1. The van der Waals surface area contributed by atoms with Crippen LogP contribution in [0.15, 0.2) is 6.20 Å². The van der Waals surface area contributed by atoms with Gasteiger partial charge in [0.15, 0.2) is 0 Å². The fourth-order valence-electron chi connectivity index (χ4n) is 2.37. The van der Waals surface area contributed by atoms with Gasteiger partial charge in [-0.25, -0.2) is 0 Å². The lowest BCUT2D eigenvalue weighted by molar-refractivity contribution is 0.333. The average molecular weight is 264 g/mol.